The van der Waals surface area contributed by atoms with E-state index < -0.39 is 0 Å². The molecule has 0 bridgehead atoms. The molecule has 0 radical (unpaired) electrons. The fourth-order valence-electron chi connectivity index (χ4n) is 1.82. The van der Waals surface area contributed by atoms with Crippen molar-refractivity contribution in [1.82, 2.24) is 19.5 Å². The number of rotatable bonds is 0. The van der Waals surface area contributed by atoms with Crippen LogP contribution in [0.1, 0.15) is 12.2 Å². The third-order valence-electron chi connectivity index (χ3n) is 2.45. The lowest BCUT2D eigenvalue weighted by Gasteiger charge is -2.01. The van der Waals surface area contributed by atoms with Crippen molar-refractivity contribution in [1.29, 1.82) is 5.41 Å². The molecule has 5 nitrogen and oxygen atoms in total. The standard InChI is InChI=1S/C8H9N5/c9-7-6-8(11-4-10-6)12-5-2-1-3-13(5)7/h4,9H,1-3H2,(H,10,11). The Morgan fingerprint density at radius 3 is 3.38 bits per heavy atom. The van der Waals surface area contributed by atoms with Crippen LogP contribution in [0.15, 0.2) is 6.33 Å². The first-order valence-corrected chi connectivity index (χ1v) is 4.33. The van der Waals surface area contributed by atoms with Gasteiger partial charge in [-0.2, -0.15) is 0 Å². The van der Waals surface area contributed by atoms with Gasteiger partial charge >= 0.3 is 0 Å². The number of aromatic amines is 1. The van der Waals surface area contributed by atoms with Gasteiger partial charge in [0.1, 0.15) is 11.3 Å². The number of imidazole rings is 1. The number of aromatic nitrogens is 4. The van der Waals surface area contributed by atoms with Gasteiger partial charge in [-0.25, -0.2) is 9.97 Å². The normalized spacial score (nSPS) is 15.1. The van der Waals surface area contributed by atoms with Gasteiger partial charge < -0.3 is 9.55 Å². The molecule has 0 amide bonds. The molecule has 0 unspecified atom stereocenters. The summed E-state index contributed by atoms with van der Waals surface area (Å²) in [4.78, 5) is 11.4. The van der Waals surface area contributed by atoms with E-state index in [2.05, 4.69) is 15.0 Å². The van der Waals surface area contributed by atoms with Crippen LogP contribution in [-0.2, 0) is 13.0 Å². The number of nitrogens with one attached hydrogen (secondary N) is 2. The molecule has 3 rings (SSSR count). The Bertz CT molecular complexity index is 521. The minimum Gasteiger partial charge on any atom is -0.340 e. The number of fused-ring (bicyclic) bond motifs is 2. The summed E-state index contributed by atoms with van der Waals surface area (Å²) >= 11 is 0. The molecule has 0 aromatic carbocycles. The molecule has 0 saturated carbocycles. The molecular formula is C8H9N5. The van der Waals surface area contributed by atoms with E-state index in [0.29, 0.717) is 11.1 Å². The lowest BCUT2D eigenvalue weighted by molar-refractivity contribution is 0.697. The van der Waals surface area contributed by atoms with Crippen LogP contribution < -0.4 is 5.49 Å². The third kappa shape index (κ3) is 0.783. The maximum Gasteiger partial charge on any atom is 0.182 e. The highest BCUT2D eigenvalue weighted by molar-refractivity contribution is 5.67. The summed E-state index contributed by atoms with van der Waals surface area (Å²) < 4.78 is 1.94. The molecule has 2 N–H and O–H groups in total. The van der Waals surface area contributed by atoms with Crippen molar-refractivity contribution in [3.63, 3.8) is 0 Å². The highest BCUT2D eigenvalue weighted by atomic mass is 15.1. The highest BCUT2D eigenvalue weighted by Crippen LogP contribution is 2.11. The van der Waals surface area contributed by atoms with Crippen LogP contribution in [0.3, 0.4) is 0 Å². The quantitative estimate of drug-likeness (QED) is 0.599. The zero-order chi connectivity index (χ0) is 8.84. The molecule has 2 aromatic heterocycles. The van der Waals surface area contributed by atoms with Crippen LogP contribution in [-0.4, -0.2) is 19.5 Å². The Morgan fingerprint density at radius 2 is 2.46 bits per heavy atom. The molecule has 1 aliphatic rings. The van der Waals surface area contributed by atoms with Crippen molar-refractivity contribution >= 4 is 11.2 Å². The number of nitrogens with zero attached hydrogens (tertiary/aromatic N) is 3. The van der Waals surface area contributed by atoms with Crippen LogP contribution in [0.4, 0.5) is 0 Å². The number of H-pyrrole nitrogens is 1. The fraction of sp³-hybridized carbons (Fsp3) is 0.375. The second-order valence-corrected chi connectivity index (χ2v) is 3.23. The monoisotopic (exact) mass is 175 g/mol. The van der Waals surface area contributed by atoms with Crippen LogP contribution in [0.5, 0.6) is 0 Å². The zero-order valence-corrected chi connectivity index (χ0v) is 7.04. The summed E-state index contributed by atoms with van der Waals surface area (Å²) in [6.45, 7) is 0.913. The van der Waals surface area contributed by atoms with Gasteiger partial charge in [0.15, 0.2) is 11.1 Å². The zero-order valence-electron chi connectivity index (χ0n) is 7.04. The summed E-state index contributed by atoms with van der Waals surface area (Å²) in [7, 11) is 0. The van der Waals surface area contributed by atoms with Crippen molar-refractivity contribution in [3.05, 3.63) is 17.6 Å². The highest BCUT2D eigenvalue weighted by Gasteiger charge is 2.14. The smallest absolute Gasteiger partial charge is 0.182 e. The Balaban J connectivity index is 2.53. The molecule has 0 aliphatic carbocycles. The van der Waals surface area contributed by atoms with E-state index in [9.17, 15) is 0 Å². The van der Waals surface area contributed by atoms with Crippen molar-refractivity contribution in [2.75, 3.05) is 0 Å². The van der Waals surface area contributed by atoms with Crippen molar-refractivity contribution in [2.24, 2.45) is 0 Å². The molecule has 1 aliphatic heterocycles. The first-order valence-electron chi connectivity index (χ1n) is 4.33. The van der Waals surface area contributed by atoms with Crippen LogP contribution in [0, 0.1) is 5.41 Å². The van der Waals surface area contributed by atoms with Gasteiger partial charge in [-0.15, -0.1) is 0 Å². The van der Waals surface area contributed by atoms with E-state index in [-0.39, 0.29) is 0 Å². The predicted molar refractivity (Wildman–Crippen MR) is 46.1 cm³/mol. The van der Waals surface area contributed by atoms with Gasteiger partial charge in [-0.1, -0.05) is 0 Å². The Morgan fingerprint density at radius 1 is 1.54 bits per heavy atom. The lowest BCUT2D eigenvalue weighted by Crippen LogP contribution is -2.21. The van der Waals surface area contributed by atoms with Crippen molar-refractivity contribution < 1.29 is 0 Å². The Kier molecular flexibility index (Phi) is 1.15. The Hall–Kier alpha value is -1.65. The molecule has 0 atom stereocenters. The molecule has 2 aromatic rings. The molecule has 0 saturated heterocycles. The van der Waals surface area contributed by atoms with Gasteiger partial charge in [-0.05, 0) is 6.42 Å². The maximum absolute atomic E-state index is 7.89. The first kappa shape index (κ1) is 6.82. The minimum atomic E-state index is 0.509. The van der Waals surface area contributed by atoms with Crippen molar-refractivity contribution in [3.8, 4) is 0 Å². The molecular weight excluding hydrogens is 166 g/mol. The molecule has 13 heavy (non-hydrogen) atoms. The molecule has 3 heterocycles. The average molecular weight is 175 g/mol. The summed E-state index contributed by atoms with van der Waals surface area (Å²) in [6, 6.07) is 0. The van der Waals surface area contributed by atoms with E-state index in [0.717, 1.165) is 30.7 Å². The van der Waals surface area contributed by atoms with E-state index >= 15 is 0 Å². The SMILES string of the molecule is N=c1c2[nH]cnc2nc2n1CCC2. The molecule has 66 valence electrons. The molecule has 5 heteroatoms. The van der Waals surface area contributed by atoms with E-state index in [1.807, 2.05) is 4.57 Å². The van der Waals surface area contributed by atoms with E-state index in [4.69, 9.17) is 5.41 Å². The van der Waals surface area contributed by atoms with Gasteiger partial charge in [0.05, 0.1) is 6.33 Å². The average Bonchev–Trinajstić information content (AvgIpc) is 2.71. The summed E-state index contributed by atoms with van der Waals surface area (Å²) in [5, 5.41) is 7.89. The van der Waals surface area contributed by atoms with Gasteiger partial charge in [0, 0.05) is 13.0 Å². The number of hydrogen-bond acceptors (Lipinski definition) is 3. The van der Waals surface area contributed by atoms with E-state index in [1.54, 1.807) is 6.33 Å². The van der Waals surface area contributed by atoms with Gasteiger partial charge in [0.2, 0.25) is 0 Å². The number of hydrogen-bond donors (Lipinski definition) is 2. The van der Waals surface area contributed by atoms with E-state index in [1.165, 1.54) is 0 Å². The summed E-state index contributed by atoms with van der Waals surface area (Å²) in [5.41, 5.74) is 1.92. The van der Waals surface area contributed by atoms with Crippen LogP contribution >= 0.6 is 0 Å². The molecule has 0 spiro atoms. The lowest BCUT2D eigenvalue weighted by atomic mass is 10.4. The van der Waals surface area contributed by atoms with Crippen LogP contribution in [0.25, 0.3) is 11.2 Å². The second kappa shape index (κ2) is 2.18. The predicted octanol–water partition coefficient (Wildman–Crippen LogP) is 0.185. The van der Waals surface area contributed by atoms with Gasteiger partial charge in [-0.3, -0.25) is 5.41 Å². The minimum absolute atomic E-state index is 0.509. The number of aryl methyl sites for hydroxylation is 1. The molecule has 0 fully saturated rings. The van der Waals surface area contributed by atoms with Crippen molar-refractivity contribution in [2.45, 2.75) is 19.4 Å². The largest absolute Gasteiger partial charge is 0.340 e. The fourth-order valence-corrected chi connectivity index (χ4v) is 1.82. The Labute approximate surface area is 74.0 Å². The van der Waals surface area contributed by atoms with Crippen LogP contribution in [0.2, 0.25) is 0 Å². The maximum atomic E-state index is 7.89. The topological polar surface area (TPSA) is 70.3 Å². The summed E-state index contributed by atoms with van der Waals surface area (Å²) in [5.74, 6) is 0.990. The first-order chi connectivity index (χ1) is 6.36. The third-order valence-corrected chi connectivity index (χ3v) is 2.45. The summed E-state index contributed by atoms with van der Waals surface area (Å²) in [6.07, 6.45) is 3.64. The van der Waals surface area contributed by atoms with Gasteiger partial charge in [0.25, 0.3) is 0 Å². The second-order valence-electron chi connectivity index (χ2n) is 3.23.